The first kappa shape index (κ1) is 14.8. The fraction of sp³-hybridized carbons (Fsp3) is 0.600. The number of anilines is 1. The van der Waals surface area contributed by atoms with E-state index in [0.717, 1.165) is 24.5 Å². The minimum atomic E-state index is 0.0298. The van der Waals surface area contributed by atoms with Gasteiger partial charge in [-0.25, -0.2) is 0 Å². The van der Waals surface area contributed by atoms with E-state index in [-0.39, 0.29) is 5.91 Å². The predicted octanol–water partition coefficient (Wildman–Crippen LogP) is 1.60. The van der Waals surface area contributed by atoms with Crippen LogP contribution in [0.2, 0.25) is 0 Å². The number of likely N-dealkylation sites (N-methyl/N-ethyl adjacent to an activating group) is 2. The van der Waals surface area contributed by atoms with Gasteiger partial charge in [0.05, 0.1) is 11.3 Å². The van der Waals surface area contributed by atoms with Gasteiger partial charge >= 0.3 is 0 Å². The first-order valence-electron chi connectivity index (χ1n) is 7.13. The Morgan fingerprint density at radius 1 is 1.60 bits per heavy atom. The number of carbonyl (C=O) groups excluding carboxylic acids is 1. The van der Waals surface area contributed by atoms with Gasteiger partial charge in [-0.05, 0) is 39.4 Å². The number of hydrogen-bond donors (Lipinski definition) is 1. The molecule has 1 saturated heterocycles. The van der Waals surface area contributed by atoms with Gasteiger partial charge in [-0.1, -0.05) is 0 Å². The first-order valence-corrected chi connectivity index (χ1v) is 7.13. The van der Waals surface area contributed by atoms with Gasteiger partial charge in [-0.15, -0.1) is 0 Å². The van der Waals surface area contributed by atoms with Crippen LogP contribution in [0.15, 0.2) is 12.3 Å². The van der Waals surface area contributed by atoms with Crippen molar-refractivity contribution in [2.45, 2.75) is 25.8 Å². The molecule has 110 valence electrons. The van der Waals surface area contributed by atoms with Gasteiger partial charge in [0, 0.05) is 38.6 Å². The Kier molecular flexibility index (Phi) is 4.60. The van der Waals surface area contributed by atoms with Gasteiger partial charge in [0.25, 0.3) is 5.91 Å². The Balaban J connectivity index is 2.10. The van der Waals surface area contributed by atoms with Gasteiger partial charge in [0.15, 0.2) is 0 Å². The Hall–Kier alpha value is -1.62. The van der Waals surface area contributed by atoms with Crippen molar-refractivity contribution in [3.05, 3.63) is 23.5 Å². The zero-order valence-corrected chi connectivity index (χ0v) is 12.8. The van der Waals surface area contributed by atoms with Gasteiger partial charge < -0.3 is 15.1 Å². The summed E-state index contributed by atoms with van der Waals surface area (Å²) in [6.45, 7) is 3.82. The molecular weight excluding hydrogens is 252 g/mol. The Labute approximate surface area is 121 Å². The topological polar surface area (TPSA) is 48.5 Å². The van der Waals surface area contributed by atoms with Crippen molar-refractivity contribution in [3.8, 4) is 0 Å². The minimum absolute atomic E-state index is 0.0298. The Morgan fingerprint density at radius 2 is 2.35 bits per heavy atom. The molecule has 1 aliphatic heterocycles. The summed E-state index contributed by atoms with van der Waals surface area (Å²) < 4.78 is 0. The monoisotopic (exact) mass is 276 g/mol. The standard InChI is InChI=1S/C15H24N4O/c1-11-8-14(16-2)13(9-17-11)15(20)19(4)10-12-6-5-7-18(12)3/h8-9,12H,5-7,10H2,1-4H3,(H,16,17). The van der Waals surface area contributed by atoms with Crippen LogP contribution in [0.1, 0.15) is 28.9 Å². The number of hydrogen-bond acceptors (Lipinski definition) is 4. The maximum absolute atomic E-state index is 12.6. The molecule has 0 aromatic carbocycles. The van der Waals surface area contributed by atoms with Crippen LogP contribution in [0.25, 0.3) is 0 Å². The molecule has 2 rings (SSSR count). The lowest BCUT2D eigenvalue weighted by Gasteiger charge is -2.26. The summed E-state index contributed by atoms with van der Waals surface area (Å²) >= 11 is 0. The maximum Gasteiger partial charge on any atom is 0.257 e. The molecule has 1 amide bonds. The van der Waals surface area contributed by atoms with Crippen LogP contribution in [0, 0.1) is 6.92 Å². The SMILES string of the molecule is CNc1cc(C)ncc1C(=O)N(C)CC1CCCN1C. The van der Waals surface area contributed by atoms with Crippen molar-refractivity contribution in [2.75, 3.05) is 39.5 Å². The largest absolute Gasteiger partial charge is 0.387 e. The molecule has 1 aromatic rings. The molecule has 0 bridgehead atoms. The lowest BCUT2D eigenvalue weighted by atomic mass is 10.1. The van der Waals surface area contributed by atoms with Crippen LogP contribution in [0.4, 0.5) is 5.69 Å². The van der Waals surface area contributed by atoms with Crippen LogP contribution in [-0.4, -0.2) is 61.0 Å². The highest BCUT2D eigenvalue weighted by Crippen LogP contribution is 2.19. The molecule has 1 aliphatic rings. The molecule has 20 heavy (non-hydrogen) atoms. The van der Waals surface area contributed by atoms with Crippen molar-refractivity contribution in [1.82, 2.24) is 14.8 Å². The van der Waals surface area contributed by atoms with Crippen LogP contribution < -0.4 is 5.32 Å². The summed E-state index contributed by atoms with van der Waals surface area (Å²) in [5.41, 5.74) is 2.39. The average molecular weight is 276 g/mol. The summed E-state index contributed by atoms with van der Waals surface area (Å²) in [4.78, 5) is 20.9. The van der Waals surface area contributed by atoms with E-state index in [4.69, 9.17) is 0 Å². The summed E-state index contributed by atoms with van der Waals surface area (Å²) in [5.74, 6) is 0.0298. The number of rotatable bonds is 4. The number of pyridine rings is 1. The average Bonchev–Trinajstić information content (AvgIpc) is 2.83. The van der Waals surface area contributed by atoms with Crippen molar-refractivity contribution in [1.29, 1.82) is 0 Å². The minimum Gasteiger partial charge on any atom is -0.387 e. The lowest BCUT2D eigenvalue weighted by Crippen LogP contribution is -2.39. The van der Waals surface area contributed by atoms with E-state index in [0.29, 0.717) is 11.6 Å². The second kappa shape index (κ2) is 6.22. The maximum atomic E-state index is 12.6. The molecule has 5 heteroatoms. The molecule has 0 aliphatic carbocycles. The molecule has 1 atom stereocenters. The summed E-state index contributed by atoms with van der Waals surface area (Å²) in [6.07, 6.45) is 4.05. The van der Waals surface area contributed by atoms with E-state index in [1.54, 1.807) is 11.1 Å². The van der Waals surface area contributed by atoms with Crippen LogP contribution >= 0.6 is 0 Å². The van der Waals surface area contributed by atoms with Gasteiger partial charge in [-0.2, -0.15) is 0 Å². The predicted molar refractivity (Wildman–Crippen MR) is 81.1 cm³/mol. The number of nitrogens with zero attached hydrogens (tertiary/aromatic N) is 3. The third-order valence-electron chi connectivity index (χ3n) is 4.04. The highest BCUT2D eigenvalue weighted by molar-refractivity contribution is 5.99. The summed E-state index contributed by atoms with van der Waals surface area (Å²) in [6, 6.07) is 2.38. The molecule has 2 heterocycles. The van der Waals surface area contributed by atoms with E-state index in [9.17, 15) is 4.79 Å². The normalized spacial score (nSPS) is 19.1. The summed E-state index contributed by atoms with van der Waals surface area (Å²) in [7, 11) is 5.83. The third kappa shape index (κ3) is 3.10. The molecule has 1 aromatic heterocycles. The van der Waals surface area contributed by atoms with Crippen LogP contribution in [-0.2, 0) is 0 Å². The zero-order valence-electron chi connectivity index (χ0n) is 12.8. The van der Waals surface area contributed by atoms with Crippen molar-refractivity contribution >= 4 is 11.6 Å². The van der Waals surface area contributed by atoms with E-state index in [1.165, 1.54) is 12.8 Å². The zero-order chi connectivity index (χ0) is 14.7. The van der Waals surface area contributed by atoms with E-state index >= 15 is 0 Å². The molecular formula is C15H24N4O. The Morgan fingerprint density at radius 3 is 2.95 bits per heavy atom. The lowest BCUT2D eigenvalue weighted by molar-refractivity contribution is 0.0762. The molecule has 5 nitrogen and oxygen atoms in total. The number of nitrogens with one attached hydrogen (secondary N) is 1. The van der Waals surface area contributed by atoms with Crippen LogP contribution in [0.3, 0.4) is 0 Å². The van der Waals surface area contributed by atoms with Gasteiger partial charge in [-0.3, -0.25) is 9.78 Å². The first-order chi connectivity index (χ1) is 9.52. The molecule has 1 N–H and O–H groups in total. The Bertz CT molecular complexity index is 489. The molecule has 1 unspecified atom stereocenters. The smallest absolute Gasteiger partial charge is 0.257 e. The molecule has 1 fully saturated rings. The van der Waals surface area contributed by atoms with Gasteiger partial charge in [0.2, 0.25) is 0 Å². The van der Waals surface area contributed by atoms with E-state index in [1.807, 2.05) is 27.1 Å². The second-order valence-electron chi connectivity index (χ2n) is 5.58. The quantitative estimate of drug-likeness (QED) is 0.907. The molecule has 0 saturated carbocycles. The van der Waals surface area contributed by atoms with Crippen molar-refractivity contribution in [3.63, 3.8) is 0 Å². The number of aryl methyl sites for hydroxylation is 1. The van der Waals surface area contributed by atoms with Crippen molar-refractivity contribution < 1.29 is 4.79 Å². The second-order valence-corrected chi connectivity index (χ2v) is 5.58. The number of aromatic nitrogens is 1. The molecule has 0 spiro atoms. The number of amides is 1. The highest BCUT2D eigenvalue weighted by atomic mass is 16.2. The summed E-state index contributed by atoms with van der Waals surface area (Å²) in [5, 5.41) is 3.08. The van der Waals surface area contributed by atoms with Crippen LogP contribution in [0.5, 0.6) is 0 Å². The van der Waals surface area contributed by atoms with Gasteiger partial charge in [0.1, 0.15) is 0 Å². The molecule has 0 radical (unpaired) electrons. The number of likely N-dealkylation sites (tertiary alicyclic amines) is 1. The van der Waals surface area contributed by atoms with Crippen molar-refractivity contribution in [2.24, 2.45) is 0 Å². The van der Waals surface area contributed by atoms with E-state index < -0.39 is 0 Å². The fourth-order valence-electron chi connectivity index (χ4n) is 2.75. The van der Waals surface area contributed by atoms with E-state index in [2.05, 4.69) is 22.2 Å². The number of carbonyl (C=O) groups is 1. The highest BCUT2D eigenvalue weighted by Gasteiger charge is 2.25. The third-order valence-corrected chi connectivity index (χ3v) is 4.04. The fourth-order valence-corrected chi connectivity index (χ4v) is 2.75.